The molecule has 0 aliphatic rings. The summed E-state index contributed by atoms with van der Waals surface area (Å²) in [5.74, 6) is -0.148. The predicted molar refractivity (Wildman–Crippen MR) is 70.1 cm³/mol. The van der Waals surface area contributed by atoms with Crippen LogP contribution in [0, 0.1) is 25.2 Å². The summed E-state index contributed by atoms with van der Waals surface area (Å²) in [5.41, 5.74) is 1.50. The number of carbonyl (C=O) groups excluding carboxylic acids is 1. The highest BCUT2D eigenvalue weighted by molar-refractivity contribution is 9.10. The summed E-state index contributed by atoms with van der Waals surface area (Å²) < 4.78 is -0.633. The summed E-state index contributed by atoms with van der Waals surface area (Å²) in [6.45, 7) is 7.36. The second-order valence-corrected chi connectivity index (χ2v) is 7.23. The number of nitriles is 1. The van der Waals surface area contributed by atoms with Crippen molar-refractivity contribution in [2.45, 2.75) is 32.0 Å². The number of rotatable bonds is 2. The minimum atomic E-state index is -0.633. The molecule has 1 N–H and O–H groups in total. The van der Waals surface area contributed by atoms with E-state index in [4.69, 9.17) is 5.26 Å². The lowest BCUT2D eigenvalue weighted by Crippen LogP contribution is -2.30. The van der Waals surface area contributed by atoms with Crippen molar-refractivity contribution in [1.29, 1.82) is 5.26 Å². The second kappa shape index (κ2) is 4.56. The molecule has 1 aromatic heterocycles. The minimum Gasteiger partial charge on any atom is -0.315 e. The average Bonchev–Trinajstić information content (AvgIpc) is 2.41. The number of carbonyl (C=O) groups is 1. The number of aryl methyl sites for hydroxylation is 1. The van der Waals surface area contributed by atoms with Crippen molar-refractivity contribution in [3.05, 3.63) is 16.0 Å². The summed E-state index contributed by atoms with van der Waals surface area (Å²) in [6.07, 6.45) is 0. The summed E-state index contributed by atoms with van der Waals surface area (Å²) in [4.78, 5) is 12.8. The zero-order chi connectivity index (χ0) is 12.5. The smallest absolute Gasteiger partial charge is 0.241 e. The van der Waals surface area contributed by atoms with E-state index in [1.54, 1.807) is 13.8 Å². The van der Waals surface area contributed by atoms with Crippen molar-refractivity contribution >= 4 is 38.2 Å². The van der Waals surface area contributed by atoms with Crippen LogP contribution in [-0.4, -0.2) is 10.2 Å². The van der Waals surface area contributed by atoms with E-state index < -0.39 is 4.32 Å². The molecule has 0 aliphatic carbocycles. The maximum absolute atomic E-state index is 11.8. The number of amides is 1. The monoisotopic (exact) mass is 300 g/mol. The third-order valence-corrected chi connectivity index (χ3v) is 3.75. The molecule has 3 nitrogen and oxygen atoms in total. The van der Waals surface area contributed by atoms with Gasteiger partial charge in [-0.2, -0.15) is 5.26 Å². The van der Waals surface area contributed by atoms with Gasteiger partial charge in [-0.15, -0.1) is 11.3 Å². The van der Waals surface area contributed by atoms with E-state index in [1.807, 2.05) is 13.8 Å². The quantitative estimate of drug-likeness (QED) is 0.852. The van der Waals surface area contributed by atoms with Crippen LogP contribution in [0.3, 0.4) is 0 Å². The van der Waals surface area contributed by atoms with Gasteiger partial charge in [-0.1, -0.05) is 15.9 Å². The Morgan fingerprint density at radius 3 is 2.50 bits per heavy atom. The number of hydrogen-bond acceptors (Lipinski definition) is 3. The number of halogens is 1. The molecule has 0 radical (unpaired) electrons. The summed E-state index contributed by atoms with van der Waals surface area (Å²) in [6, 6.07) is 2.12. The van der Waals surface area contributed by atoms with Crippen molar-refractivity contribution in [3.8, 4) is 6.07 Å². The third-order valence-electron chi connectivity index (χ3n) is 2.26. The molecular weight excluding hydrogens is 288 g/mol. The molecule has 0 fully saturated rings. The summed E-state index contributed by atoms with van der Waals surface area (Å²) in [5, 5.41) is 12.4. The van der Waals surface area contributed by atoms with Gasteiger partial charge in [0.2, 0.25) is 5.91 Å². The van der Waals surface area contributed by atoms with Crippen molar-refractivity contribution in [2.75, 3.05) is 5.32 Å². The summed E-state index contributed by atoms with van der Waals surface area (Å²) in [7, 11) is 0. The van der Waals surface area contributed by atoms with Crippen LogP contribution >= 0.6 is 27.3 Å². The van der Waals surface area contributed by atoms with E-state index in [0.29, 0.717) is 10.6 Å². The molecule has 1 aromatic rings. The Balaban J connectivity index is 3.04. The first-order chi connectivity index (χ1) is 7.27. The number of anilines is 1. The Labute approximate surface area is 108 Å². The lowest BCUT2D eigenvalue weighted by atomic mass is 10.1. The number of alkyl halides is 1. The highest BCUT2D eigenvalue weighted by Gasteiger charge is 2.25. The molecule has 0 saturated carbocycles. The van der Waals surface area contributed by atoms with Crippen LogP contribution < -0.4 is 5.32 Å². The van der Waals surface area contributed by atoms with Crippen LogP contribution in [0.25, 0.3) is 0 Å². The van der Waals surface area contributed by atoms with E-state index in [9.17, 15) is 4.79 Å². The molecule has 0 bridgehead atoms. The van der Waals surface area contributed by atoms with Crippen LogP contribution in [0.15, 0.2) is 0 Å². The van der Waals surface area contributed by atoms with Gasteiger partial charge in [0.15, 0.2) is 0 Å². The van der Waals surface area contributed by atoms with E-state index >= 15 is 0 Å². The first kappa shape index (κ1) is 13.2. The third kappa shape index (κ3) is 2.63. The van der Waals surface area contributed by atoms with Gasteiger partial charge in [0.25, 0.3) is 0 Å². The van der Waals surface area contributed by atoms with E-state index in [1.165, 1.54) is 11.3 Å². The fraction of sp³-hybridized carbons (Fsp3) is 0.455. The Morgan fingerprint density at radius 2 is 2.06 bits per heavy atom. The second-order valence-electron chi connectivity index (χ2n) is 4.03. The van der Waals surface area contributed by atoms with Crippen LogP contribution in [0.4, 0.5) is 5.00 Å². The average molecular weight is 301 g/mol. The molecule has 5 heteroatoms. The molecule has 1 heterocycles. The van der Waals surface area contributed by atoms with Crippen molar-refractivity contribution < 1.29 is 4.79 Å². The molecule has 16 heavy (non-hydrogen) atoms. The van der Waals surface area contributed by atoms with Crippen molar-refractivity contribution in [1.82, 2.24) is 0 Å². The van der Waals surface area contributed by atoms with Gasteiger partial charge in [-0.05, 0) is 33.3 Å². The largest absolute Gasteiger partial charge is 0.315 e. The maximum Gasteiger partial charge on any atom is 0.241 e. The van der Waals surface area contributed by atoms with Gasteiger partial charge >= 0.3 is 0 Å². The van der Waals surface area contributed by atoms with Gasteiger partial charge in [0.1, 0.15) is 11.1 Å². The molecule has 86 valence electrons. The normalized spacial score (nSPS) is 11.0. The zero-order valence-corrected chi connectivity index (χ0v) is 12.0. The minimum absolute atomic E-state index is 0.148. The van der Waals surface area contributed by atoms with E-state index in [0.717, 1.165) is 10.4 Å². The molecule has 0 atom stereocenters. The standard InChI is InChI=1S/C11H13BrN2OS/c1-6-7(2)16-9(8(6)5-13)14-10(15)11(3,4)12/h1-4H3,(H,14,15). The first-order valence-electron chi connectivity index (χ1n) is 4.77. The van der Waals surface area contributed by atoms with Crippen LogP contribution in [0.1, 0.15) is 29.9 Å². The van der Waals surface area contributed by atoms with Crippen LogP contribution in [-0.2, 0) is 4.79 Å². The Hall–Kier alpha value is -0.860. The van der Waals surface area contributed by atoms with Crippen LogP contribution in [0.5, 0.6) is 0 Å². The number of thiophene rings is 1. The highest BCUT2D eigenvalue weighted by atomic mass is 79.9. The molecule has 0 saturated heterocycles. The Kier molecular flexibility index (Phi) is 3.76. The number of hydrogen-bond donors (Lipinski definition) is 1. The maximum atomic E-state index is 11.8. The lowest BCUT2D eigenvalue weighted by molar-refractivity contribution is -0.117. The van der Waals surface area contributed by atoms with E-state index in [2.05, 4.69) is 27.3 Å². The molecule has 0 unspecified atom stereocenters. The number of nitrogens with zero attached hydrogens (tertiary/aromatic N) is 1. The van der Waals surface area contributed by atoms with Crippen LogP contribution in [0.2, 0.25) is 0 Å². The van der Waals surface area contributed by atoms with E-state index in [-0.39, 0.29) is 5.91 Å². The van der Waals surface area contributed by atoms with Crippen molar-refractivity contribution in [3.63, 3.8) is 0 Å². The fourth-order valence-corrected chi connectivity index (χ4v) is 2.21. The topological polar surface area (TPSA) is 52.9 Å². The fourth-order valence-electron chi connectivity index (χ4n) is 1.10. The van der Waals surface area contributed by atoms with Gasteiger partial charge < -0.3 is 5.32 Å². The van der Waals surface area contributed by atoms with Gasteiger partial charge in [0.05, 0.1) is 9.89 Å². The molecular formula is C11H13BrN2OS. The molecule has 0 aliphatic heterocycles. The molecule has 0 spiro atoms. The predicted octanol–water partition coefficient (Wildman–Crippen LogP) is 3.35. The Morgan fingerprint density at radius 1 is 1.50 bits per heavy atom. The number of nitrogens with one attached hydrogen (secondary N) is 1. The van der Waals surface area contributed by atoms with Gasteiger partial charge in [-0.25, -0.2) is 0 Å². The first-order valence-corrected chi connectivity index (χ1v) is 6.38. The Bertz CT molecular complexity index is 466. The molecule has 1 amide bonds. The zero-order valence-electron chi connectivity index (χ0n) is 9.64. The van der Waals surface area contributed by atoms with Gasteiger partial charge in [-0.3, -0.25) is 4.79 Å². The SMILES string of the molecule is Cc1sc(NC(=O)C(C)(C)Br)c(C#N)c1C. The van der Waals surface area contributed by atoms with Gasteiger partial charge in [0, 0.05) is 4.88 Å². The molecule has 1 rings (SSSR count). The summed E-state index contributed by atoms with van der Waals surface area (Å²) >= 11 is 4.72. The lowest BCUT2D eigenvalue weighted by Gasteiger charge is -2.14. The highest BCUT2D eigenvalue weighted by Crippen LogP contribution is 2.32. The van der Waals surface area contributed by atoms with Crippen molar-refractivity contribution in [2.24, 2.45) is 0 Å². The molecule has 0 aromatic carbocycles.